The minimum atomic E-state index is -0.465. The van der Waals surface area contributed by atoms with Crippen LogP contribution in [0.3, 0.4) is 0 Å². The molecule has 5 nitrogen and oxygen atoms in total. The maximum Gasteiger partial charge on any atom is 0.349 e. The van der Waals surface area contributed by atoms with Gasteiger partial charge >= 0.3 is 5.69 Å². The number of carbonyl (C=O) groups is 1. The molecule has 0 saturated carbocycles. The number of hydrogen-bond acceptors (Lipinski definition) is 4. The van der Waals surface area contributed by atoms with Gasteiger partial charge in [-0.25, -0.2) is 9.78 Å². The fourth-order valence-electron chi connectivity index (χ4n) is 1.74. The van der Waals surface area contributed by atoms with E-state index in [0.717, 1.165) is 0 Å². The van der Waals surface area contributed by atoms with Crippen molar-refractivity contribution >= 4 is 23.2 Å². The van der Waals surface area contributed by atoms with E-state index in [4.69, 9.17) is 17.3 Å². The highest BCUT2D eigenvalue weighted by molar-refractivity contribution is 6.30. The Morgan fingerprint density at radius 2 is 2.00 bits per heavy atom. The summed E-state index contributed by atoms with van der Waals surface area (Å²) in [7, 11) is 0. The highest BCUT2D eigenvalue weighted by Crippen LogP contribution is 2.16. The normalized spacial score (nSPS) is 10.4. The number of rotatable bonds is 3. The van der Waals surface area contributed by atoms with Crippen LogP contribution < -0.4 is 11.4 Å². The van der Waals surface area contributed by atoms with E-state index in [0.29, 0.717) is 17.1 Å². The molecule has 0 fully saturated rings. The first-order valence-electron chi connectivity index (χ1n) is 5.70. The van der Waals surface area contributed by atoms with Crippen LogP contribution in [-0.2, 0) is 6.54 Å². The third kappa shape index (κ3) is 2.51. The molecule has 1 aromatic heterocycles. The van der Waals surface area contributed by atoms with Crippen LogP contribution in [0.2, 0.25) is 5.02 Å². The van der Waals surface area contributed by atoms with Crippen LogP contribution in [0.5, 0.6) is 0 Å². The van der Waals surface area contributed by atoms with Crippen molar-refractivity contribution in [1.82, 2.24) is 9.55 Å². The first-order valence-corrected chi connectivity index (χ1v) is 6.08. The quantitative estimate of drug-likeness (QED) is 0.867. The van der Waals surface area contributed by atoms with Crippen molar-refractivity contribution in [2.24, 2.45) is 0 Å². The Morgan fingerprint density at radius 3 is 2.58 bits per heavy atom. The number of ketones is 1. The van der Waals surface area contributed by atoms with E-state index in [1.54, 1.807) is 31.2 Å². The van der Waals surface area contributed by atoms with Gasteiger partial charge in [0.2, 0.25) is 0 Å². The van der Waals surface area contributed by atoms with Gasteiger partial charge in [0.15, 0.2) is 5.78 Å². The number of anilines is 1. The summed E-state index contributed by atoms with van der Waals surface area (Å²) in [5.74, 6) is -0.161. The Bertz CT molecular complexity index is 677. The van der Waals surface area contributed by atoms with Gasteiger partial charge in [-0.3, -0.25) is 9.36 Å². The topological polar surface area (TPSA) is 78.0 Å². The SMILES string of the molecule is CCn1c(N)c(C(=O)c2ccc(Cl)cc2)cnc1=O. The fraction of sp³-hybridized carbons (Fsp3) is 0.154. The Kier molecular flexibility index (Phi) is 3.66. The average molecular weight is 278 g/mol. The number of aromatic nitrogens is 2. The van der Waals surface area contributed by atoms with Gasteiger partial charge in [-0.15, -0.1) is 0 Å². The molecule has 19 heavy (non-hydrogen) atoms. The molecule has 2 N–H and O–H groups in total. The first kappa shape index (κ1) is 13.3. The number of halogens is 1. The van der Waals surface area contributed by atoms with E-state index in [2.05, 4.69) is 4.98 Å². The molecule has 0 atom stereocenters. The third-order valence-electron chi connectivity index (χ3n) is 2.77. The maximum atomic E-state index is 12.3. The summed E-state index contributed by atoms with van der Waals surface area (Å²) in [6.45, 7) is 2.12. The van der Waals surface area contributed by atoms with Crippen LogP contribution >= 0.6 is 11.6 Å². The minimum Gasteiger partial charge on any atom is -0.384 e. The Hall–Kier alpha value is -2.14. The lowest BCUT2D eigenvalue weighted by molar-refractivity contribution is 0.103. The van der Waals surface area contributed by atoms with Crippen LogP contribution in [0.1, 0.15) is 22.8 Å². The molecule has 0 bridgehead atoms. The largest absolute Gasteiger partial charge is 0.384 e. The number of carbonyl (C=O) groups excluding carboxylic acids is 1. The van der Waals surface area contributed by atoms with Crippen LogP contribution in [0.15, 0.2) is 35.3 Å². The molecule has 0 spiro atoms. The third-order valence-corrected chi connectivity index (χ3v) is 3.02. The Morgan fingerprint density at radius 1 is 1.37 bits per heavy atom. The van der Waals surface area contributed by atoms with Crippen molar-refractivity contribution in [3.8, 4) is 0 Å². The average Bonchev–Trinajstić information content (AvgIpc) is 2.39. The summed E-state index contributed by atoms with van der Waals surface area (Å²) in [4.78, 5) is 27.4. The van der Waals surface area contributed by atoms with E-state index in [1.165, 1.54) is 10.8 Å². The van der Waals surface area contributed by atoms with Gasteiger partial charge < -0.3 is 5.73 Å². The summed E-state index contributed by atoms with van der Waals surface area (Å²) in [6.07, 6.45) is 1.21. The lowest BCUT2D eigenvalue weighted by atomic mass is 10.1. The number of hydrogen-bond donors (Lipinski definition) is 1. The van der Waals surface area contributed by atoms with Crippen LogP contribution in [0, 0.1) is 0 Å². The van der Waals surface area contributed by atoms with Gasteiger partial charge in [-0.2, -0.15) is 0 Å². The maximum absolute atomic E-state index is 12.3. The van der Waals surface area contributed by atoms with Crippen molar-refractivity contribution in [3.63, 3.8) is 0 Å². The summed E-state index contributed by atoms with van der Waals surface area (Å²) in [6, 6.07) is 6.44. The van der Waals surface area contributed by atoms with Crippen molar-refractivity contribution in [3.05, 3.63) is 57.1 Å². The molecular weight excluding hydrogens is 266 g/mol. The fourth-order valence-corrected chi connectivity index (χ4v) is 1.87. The number of nitrogen functional groups attached to an aromatic ring is 1. The predicted octanol–water partition coefficient (Wildman–Crippen LogP) is 1.73. The Labute approximate surface area is 114 Å². The molecule has 0 aliphatic heterocycles. The van der Waals surface area contributed by atoms with E-state index in [-0.39, 0.29) is 17.2 Å². The molecule has 0 saturated heterocycles. The summed E-state index contributed by atoms with van der Waals surface area (Å²) in [5, 5.41) is 0.543. The molecule has 6 heteroatoms. The van der Waals surface area contributed by atoms with Gasteiger partial charge in [0.1, 0.15) is 5.82 Å². The first-order chi connectivity index (χ1) is 9.04. The smallest absolute Gasteiger partial charge is 0.349 e. The predicted molar refractivity (Wildman–Crippen MR) is 73.5 cm³/mol. The zero-order valence-electron chi connectivity index (χ0n) is 10.3. The second-order valence-corrected chi connectivity index (χ2v) is 4.36. The van der Waals surface area contributed by atoms with Crippen molar-refractivity contribution in [1.29, 1.82) is 0 Å². The molecule has 2 rings (SSSR count). The van der Waals surface area contributed by atoms with Crippen molar-refractivity contribution < 1.29 is 4.79 Å². The van der Waals surface area contributed by atoms with Crippen molar-refractivity contribution in [2.75, 3.05) is 5.73 Å². The molecule has 0 radical (unpaired) electrons. The Balaban J connectivity index is 2.50. The molecule has 0 aliphatic carbocycles. The molecule has 0 aliphatic rings. The lowest BCUT2D eigenvalue weighted by Gasteiger charge is -2.10. The standard InChI is InChI=1S/C13H12ClN3O2/c1-2-17-12(15)10(7-16-13(17)19)11(18)8-3-5-9(14)6-4-8/h3-7H,2,15H2,1H3. The minimum absolute atomic E-state index is 0.127. The molecule has 98 valence electrons. The van der Waals surface area contributed by atoms with E-state index in [1.807, 2.05) is 0 Å². The van der Waals surface area contributed by atoms with Crippen LogP contribution in [-0.4, -0.2) is 15.3 Å². The summed E-state index contributed by atoms with van der Waals surface area (Å²) in [5.41, 5.74) is 6.03. The molecule has 0 unspecified atom stereocenters. The second kappa shape index (κ2) is 5.24. The van der Waals surface area contributed by atoms with Gasteiger partial charge in [0, 0.05) is 23.3 Å². The highest BCUT2D eigenvalue weighted by Gasteiger charge is 2.16. The zero-order chi connectivity index (χ0) is 14.0. The van der Waals surface area contributed by atoms with Gasteiger partial charge in [-0.05, 0) is 31.2 Å². The van der Waals surface area contributed by atoms with E-state index < -0.39 is 5.69 Å². The molecule has 1 heterocycles. The summed E-state index contributed by atoms with van der Waals surface area (Å²) >= 11 is 5.77. The number of nitrogens with zero attached hydrogens (tertiary/aromatic N) is 2. The lowest BCUT2D eigenvalue weighted by Crippen LogP contribution is -2.27. The van der Waals surface area contributed by atoms with E-state index >= 15 is 0 Å². The van der Waals surface area contributed by atoms with Gasteiger partial charge in [0.05, 0.1) is 5.56 Å². The molecule has 0 amide bonds. The van der Waals surface area contributed by atoms with Crippen LogP contribution in [0.25, 0.3) is 0 Å². The second-order valence-electron chi connectivity index (χ2n) is 3.92. The van der Waals surface area contributed by atoms with Crippen LogP contribution in [0.4, 0.5) is 5.82 Å². The van der Waals surface area contributed by atoms with Gasteiger partial charge in [0.25, 0.3) is 0 Å². The summed E-state index contributed by atoms with van der Waals surface area (Å²) < 4.78 is 1.25. The monoisotopic (exact) mass is 277 g/mol. The number of nitrogens with two attached hydrogens (primary N) is 1. The highest BCUT2D eigenvalue weighted by atomic mass is 35.5. The zero-order valence-corrected chi connectivity index (χ0v) is 11.0. The number of benzene rings is 1. The van der Waals surface area contributed by atoms with Crippen molar-refractivity contribution in [2.45, 2.75) is 13.5 Å². The molecular formula is C13H12ClN3O2. The van der Waals surface area contributed by atoms with E-state index in [9.17, 15) is 9.59 Å². The molecule has 1 aromatic carbocycles. The van der Waals surface area contributed by atoms with Gasteiger partial charge in [-0.1, -0.05) is 11.6 Å². The molecule has 2 aromatic rings.